The Morgan fingerprint density at radius 1 is 1.12 bits per heavy atom. The molecule has 84 valence electrons. The second kappa shape index (κ2) is 3.90. The largest absolute Gasteiger partial charge is 0.315 e. The van der Waals surface area contributed by atoms with E-state index in [4.69, 9.17) is 11.6 Å². The number of aromatic nitrogens is 2. The van der Waals surface area contributed by atoms with Crippen LogP contribution in [0.4, 0.5) is 0 Å². The van der Waals surface area contributed by atoms with Gasteiger partial charge in [0.2, 0.25) is 0 Å². The molecule has 0 saturated carbocycles. The molecule has 0 N–H and O–H groups in total. The molecule has 2 heterocycles. The Morgan fingerprint density at radius 3 is 2.65 bits per heavy atom. The fourth-order valence-electron chi connectivity index (χ4n) is 1.94. The van der Waals surface area contributed by atoms with Gasteiger partial charge in [0.25, 0.3) is 0 Å². The molecule has 0 amide bonds. The van der Waals surface area contributed by atoms with Crippen molar-refractivity contribution < 1.29 is 0 Å². The summed E-state index contributed by atoms with van der Waals surface area (Å²) in [4.78, 5) is 4.40. The van der Waals surface area contributed by atoms with E-state index in [2.05, 4.69) is 15.6 Å². The predicted octanol–water partition coefficient (Wildman–Crippen LogP) is 3.99. The van der Waals surface area contributed by atoms with Gasteiger partial charge >= 0.3 is 0 Å². The number of fused-ring (bicyclic) bond motifs is 1. The number of rotatable bonds is 1. The minimum Gasteiger partial charge on any atom is -0.315 e. The predicted molar refractivity (Wildman–Crippen MR) is 70.8 cm³/mol. The maximum Gasteiger partial charge on any atom is 0.0884 e. The van der Waals surface area contributed by atoms with Crippen LogP contribution >= 0.6 is 11.6 Å². The Hall–Kier alpha value is -1.80. The molecule has 17 heavy (non-hydrogen) atoms. The number of benzene rings is 1. The van der Waals surface area contributed by atoms with Gasteiger partial charge < -0.3 is 4.57 Å². The average Bonchev–Trinajstić information content (AvgIpc) is 2.73. The fraction of sp³-hybridized carbons (Fsp3) is 0.0714. The van der Waals surface area contributed by atoms with Crippen LogP contribution in [0.5, 0.6) is 0 Å². The summed E-state index contributed by atoms with van der Waals surface area (Å²) in [7, 11) is 0. The van der Waals surface area contributed by atoms with Crippen molar-refractivity contribution in [3.63, 3.8) is 0 Å². The van der Waals surface area contributed by atoms with Gasteiger partial charge in [-0.1, -0.05) is 11.6 Å². The molecule has 0 saturated heterocycles. The van der Waals surface area contributed by atoms with Gasteiger partial charge in [0.05, 0.1) is 11.0 Å². The van der Waals surface area contributed by atoms with Gasteiger partial charge in [0, 0.05) is 23.1 Å². The molecule has 0 aliphatic heterocycles. The lowest BCUT2D eigenvalue weighted by Crippen LogP contribution is -1.92. The van der Waals surface area contributed by atoms with Gasteiger partial charge in [-0.3, -0.25) is 4.98 Å². The summed E-state index contributed by atoms with van der Waals surface area (Å²) in [6.07, 6.45) is 3.91. The van der Waals surface area contributed by atoms with Crippen molar-refractivity contribution >= 4 is 22.6 Å². The standard InChI is InChI=1S/C14H11ClN2/c1-10-8-14-13(16-9-10)6-7-17(14)12-4-2-11(15)3-5-12/h2-9H,1H3. The molecular formula is C14H11ClN2. The molecule has 0 atom stereocenters. The molecule has 1 aromatic carbocycles. The second-order valence-corrected chi connectivity index (χ2v) is 4.52. The summed E-state index contributed by atoms with van der Waals surface area (Å²) >= 11 is 5.89. The molecule has 0 bridgehead atoms. The van der Waals surface area contributed by atoms with E-state index in [1.165, 1.54) is 0 Å². The third kappa shape index (κ3) is 1.81. The van der Waals surface area contributed by atoms with Crippen LogP contribution in [-0.4, -0.2) is 9.55 Å². The monoisotopic (exact) mass is 242 g/mol. The minimum absolute atomic E-state index is 0.750. The molecular weight excluding hydrogens is 232 g/mol. The van der Waals surface area contributed by atoms with Crippen LogP contribution in [0.3, 0.4) is 0 Å². The van der Waals surface area contributed by atoms with Crippen LogP contribution in [0.2, 0.25) is 5.02 Å². The summed E-state index contributed by atoms with van der Waals surface area (Å²) in [6, 6.07) is 12.0. The zero-order valence-electron chi connectivity index (χ0n) is 9.39. The third-order valence-electron chi connectivity index (χ3n) is 2.78. The van der Waals surface area contributed by atoms with E-state index < -0.39 is 0 Å². The Labute approximate surface area is 104 Å². The number of hydrogen-bond acceptors (Lipinski definition) is 1. The summed E-state index contributed by atoms with van der Waals surface area (Å²) < 4.78 is 2.12. The van der Waals surface area contributed by atoms with E-state index in [-0.39, 0.29) is 0 Å². The first-order valence-corrected chi connectivity index (χ1v) is 5.81. The van der Waals surface area contributed by atoms with E-state index in [0.29, 0.717) is 0 Å². The maximum atomic E-state index is 5.89. The van der Waals surface area contributed by atoms with Crippen molar-refractivity contribution in [2.75, 3.05) is 0 Å². The molecule has 0 unspecified atom stereocenters. The van der Waals surface area contributed by atoms with Crippen LogP contribution < -0.4 is 0 Å². The average molecular weight is 243 g/mol. The first kappa shape index (κ1) is 10.4. The van der Waals surface area contributed by atoms with Crippen molar-refractivity contribution in [2.24, 2.45) is 0 Å². The summed E-state index contributed by atoms with van der Waals surface area (Å²) in [5.41, 5.74) is 4.38. The van der Waals surface area contributed by atoms with E-state index in [0.717, 1.165) is 27.3 Å². The first-order chi connectivity index (χ1) is 8.24. The highest BCUT2D eigenvalue weighted by Gasteiger charge is 2.04. The van der Waals surface area contributed by atoms with Gasteiger partial charge in [0.15, 0.2) is 0 Å². The molecule has 0 radical (unpaired) electrons. The Balaban J connectivity index is 2.23. The quantitative estimate of drug-likeness (QED) is 0.631. The molecule has 2 aromatic heterocycles. The van der Waals surface area contributed by atoms with E-state index >= 15 is 0 Å². The molecule has 3 heteroatoms. The van der Waals surface area contributed by atoms with Crippen LogP contribution in [-0.2, 0) is 0 Å². The summed E-state index contributed by atoms with van der Waals surface area (Å²) in [5, 5.41) is 0.750. The van der Waals surface area contributed by atoms with Gasteiger partial charge in [-0.15, -0.1) is 0 Å². The first-order valence-electron chi connectivity index (χ1n) is 5.44. The molecule has 0 aliphatic carbocycles. The highest BCUT2D eigenvalue weighted by atomic mass is 35.5. The maximum absolute atomic E-state index is 5.89. The van der Waals surface area contributed by atoms with Gasteiger partial charge in [-0.05, 0) is 48.9 Å². The van der Waals surface area contributed by atoms with Crippen molar-refractivity contribution in [1.29, 1.82) is 0 Å². The van der Waals surface area contributed by atoms with Crippen molar-refractivity contribution in [1.82, 2.24) is 9.55 Å². The highest BCUT2D eigenvalue weighted by molar-refractivity contribution is 6.30. The van der Waals surface area contributed by atoms with Crippen molar-refractivity contribution in [3.05, 3.63) is 59.4 Å². The van der Waals surface area contributed by atoms with Crippen LogP contribution in [0.1, 0.15) is 5.56 Å². The van der Waals surface area contributed by atoms with Gasteiger partial charge in [-0.25, -0.2) is 0 Å². The normalized spacial score (nSPS) is 10.9. The SMILES string of the molecule is Cc1cnc2ccn(-c3ccc(Cl)cc3)c2c1. The summed E-state index contributed by atoms with van der Waals surface area (Å²) in [5.74, 6) is 0. The van der Waals surface area contributed by atoms with Crippen LogP contribution in [0.15, 0.2) is 48.8 Å². The zero-order chi connectivity index (χ0) is 11.8. The molecule has 2 nitrogen and oxygen atoms in total. The molecule has 0 fully saturated rings. The number of aryl methyl sites for hydroxylation is 1. The zero-order valence-corrected chi connectivity index (χ0v) is 10.1. The number of pyridine rings is 1. The van der Waals surface area contributed by atoms with Crippen molar-refractivity contribution in [3.8, 4) is 5.69 Å². The lowest BCUT2D eigenvalue weighted by molar-refractivity contribution is 1.12. The molecule has 0 aliphatic rings. The van der Waals surface area contributed by atoms with Crippen LogP contribution in [0.25, 0.3) is 16.7 Å². The van der Waals surface area contributed by atoms with E-state index in [1.807, 2.05) is 49.6 Å². The minimum atomic E-state index is 0.750. The third-order valence-corrected chi connectivity index (χ3v) is 3.03. The summed E-state index contributed by atoms with van der Waals surface area (Å²) in [6.45, 7) is 2.05. The van der Waals surface area contributed by atoms with Crippen LogP contribution in [0, 0.1) is 6.92 Å². The number of hydrogen-bond donors (Lipinski definition) is 0. The Morgan fingerprint density at radius 2 is 1.88 bits per heavy atom. The highest BCUT2D eigenvalue weighted by Crippen LogP contribution is 2.21. The van der Waals surface area contributed by atoms with Gasteiger partial charge in [-0.2, -0.15) is 0 Å². The number of halogens is 1. The lowest BCUT2D eigenvalue weighted by Gasteiger charge is -2.05. The Kier molecular flexibility index (Phi) is 2.37. The molecule has 3 rings (SSSR count). The molecule has 3 aromatic rings. The topological polar surface area (TPSA) is 17.8 Å². The van der Waals surface area contributed by atoms with E-state index in [9.17, 15) is 0 Å². The Bertz CT molecular complexity index is 668. The molecule has 0 spiro atoms. The second-order valence-electron chi connectivity index (χ2n) is 4.08. The van der Waals surface area contributed by atoms with Gasteiger partial charge in [0.1, 0.15) is 0 Å². The lowest BCUT2D eigenvalue weighted by atomic mass is 10.2. The fourth-order valence-corrected chi connectivity index (χ4v) is 2.06. The van der Waals surface area contributed by atoms with Crippen molar-refractivity contribution in [2.45, 2.75) is 6.92 Å². The van der Waals surface area contributed by atoms with E-state index in [1.54, 1.807) is 0 Å². The smallest absolute Gasteiger partial charge is 0.0884 e. The number of nitrogens with zero attached hydrogens (tertiary/aromatic N) is 2.